The lowest BCUT2D eigenvalue weighted by Gasteiger charge is -2.51. The summed E-state index contributed by atoms with van der Waals surface area (Å²) in [6.07, 6.45) is -2.66. The number of allylic oxidation sites excluding steroid dienone is 7. The lowest BCUT2D eigenvalue weighted by Crippen LogP contribution is -2.65. The maximum absolute atomic E-state index is 13.8. The zero-order valence-electron chi connectivity index (χ0n) is 36.6. The van der Waals surface area contributed by atoms with E-state index < -0.39 is 103 Å². The summed E-state index contributed by atoms with van der Waals surface area (Å²) in [5, 5.41) is 78.7. The van der Waals surface area contributed by atoms with Crippen molar-refractivity contribution >= 4 is 5.97 Å². The minimum absolute atomic E-state index is 0.00961. The first kappa shape index (κ1) is 51.0. The van der Waals surface area contributed by atoms with E-state index in [-0.39, 0.29) is 37.4 Å². The highest BCUT2D eigenvalue weighted by atomic mass is 16.7. The molecule has 17 atom stereocenters. The van der Waals surface area contributed by atoms with Crippen LogP contribution in [0.2, 0.25) is 0 Å². The molecule has 3 aliphatic rings. The fraction of sp³-hybridized carbons (Fsp3) is 0.750. The van der Waals surface area contributed by atoms with Gasteiger partial charge in [-0.2, -0.15) is 0 Å². The molecule has 0 spiro atoms. The van der Waals surface area contributed by atoms with Gasteiger partial charge in [0.1, 0.15) is 30.5 Å². The minimum Gasteiger partial charge on any atom is -0.456 e. The molecule has 3 heterocycles. The van der Waals surface area contributed by atoms with Crippen LogP contribution < -0.4 is 0 Å². The van der Waals surface area contributed by atoms with Gasteiger partial charge in [-0.3, -0.25) is 0 Å². The summed E-state index contributed by atoms with van der Waals surface area (Å²) >= 11 is 0. The predicted octanol–water partition coefficient (Wildman–Crippen LogP) is 2.78. The van der Waals surface area contributed by atoms with E-state index in [0.717, 1.165) is 11.1 Å². The lowest BCUT2D eigenvalue weighted by molar-refractivity contribution is -0.362. The molecule has 0 bridgehead atoms. The number of hydrogen-bond acceptors (Lipinski definition) is 15. The van der Waals surface area contributed by atoms with Crippen LogP contribution in [-0.2, 0) is 38.0 Å². The first-order chi connectivity index (χ1) is 27.7. The molecule has 15 nitrogen and oxygen atoms in total. The largest absolute Gasteiger partial charge is 0.456 e. The molecule has 15 heteroatoms. The van der Waals surface area contributed by atoms with Crippen molar-refractivity contribution < 1.29 is 73.7 Å². The first-order valence-electron chi connectivity index (χ1n) is 20.6. The molecular weight excluding hydrogens is 768 g/mol. The Morgan fingerprint density at radius 2 is 1.58 bits per heavy atom. The second-order valence-corrected chi connectivity index (χ2v) is 16.7. The number of rotatable bonds is 10. The molecule has 0 saturated carbocycles. The van der Waals surface area contributed by atoms with Crippen LogP contribution in [-0.4, -0.2) is 155 Å². The van der Waals surface area contributed by atoms with E-state index in [9.17, 15) is 40.5 Å². The van der Waals surface area contributed by atoms with Crippen molar-refractivity contribution in [3.63, 3.8) is 0 Å². The SMILES string of the molecule is COC[C@H](O)C[C@H]1O[C@@](O)([C@H](O)[C@@H]2C[C@H](OC)[C@@H](O)CC/C=C(C)/C=C/[C@@H](O[C@H]3O[C@@H](C)[C@H](OC)[C@@H](O)[C@@H]3O)[C@H](C)/C=C(C)/C=C(C)/C=C(\C)C(=O)O2)[C@H](C)[C@@H](O)[C@H]1C. The van der Waals surface area contributed by atoms with E-state index in [1.807, 2.05) is 51.2 Å². The van der Waals surface area contributed by atoms with Gasteiger partial charge in [0, 0.05) is 57.5 Å². The summed E-state index contributed by atoms with van der Waals surface area (Å²) in [6, 6.07) is 0. The van der Waals surface area contributed by atoms with Gasteiger partial charge >= 0.3 is 5.97 Å². The maximum Gasteiger partial charge on any atom is 0.334 e. The van der Waals surface area contributed by atoms with E-state index in [4.69, 9.17) is 33.2 Å². The Morgan fingerprint density at radius 3 is 2.20 bits per heavy atom. The van der Waals surface area contributed by atoms with Gasteiger partial charge in [0.15, 0.2) is 6.29 Å². The Morgan fingerprint density at radius 1 is 0.898 bits per heavy atom. The van der Waals surface area contributed by atoms with Crippen LogP contribution in [0.1, 0.15) is 81.1 Å². The lowest BCUT2D eigenvalue weighted by atomic mass is 9.76. The average molecular weight is 841 g/mol. The standard InChI is InChI=1S/C44H72O15/c1-23-13-12-14-32(46)35(54-10)21-36(41(50)44(52)29(7)37(47)28(6)34(59-44)20-31(45)22-53-9)57-42(51)27(5)19-25(3)17-24(2)18-26(4)33(16-15-23)58-43-39(49)38(48)40(55-11)30(8)56-43/h13,15-19,26,28-41,43,45-50,52H,12,14,20-22H2,1-11H3/b16-15+,23-13+,24-18+,25-17+,27-19+/t26-,28+,29-,30+,31-,32+,33-,34-,35+,36+,37+,38+,39+,40+,41-,43-,44-/m1/s1. The van der Waals surface area contributed by atoms with Crippen LogP contribution in [0.15, 0.2) is 58.7 Å². The van der Waals surface area contributed by atoms with Crippen LogP contribution in [0.3, 0.4) is 0 Å². The molecule has 0 aliphatic carbocycles. The van der Waals surface area contributed by atoms with E-state index >= 15 is 0 Å². The zero-order chi connectivity index (χ0) is 44.4. The Labute approximate surface area is 349 Å². The van der Waals surface area contributed by atoms with Gasteiger partial charge in [0.25, 0.3) is 0 Å². The quantitative estimate of drug-likeness (QED) is 0.157. The van der Waals surface area contributed by atoms with Crippen molar-refractivity contribution in [1.82, 2.24) is 0 Å². The minimum atomic E-state index is -2.43. The van der Waals surface area contributed by atoms with Gasteiger partial charge in [-0.15, -0.1) is 0 Å². The number of aliphatic hydroxyl groups excluding tert-OH is 6. The summed E-state index contributed by atoms with van der Waals surface area (Å²) in [5.41, 5.74) is 2.55. The molecule has 3 rings (SSSR count). The van der Waals surface area contributed by atoms with Gasteiger partial charge < -0.3 is 68.9 Å². The highest BCUT2D eigenvalue weighted by Crippen LogP contribution is 2.41. The van der Waals surface area contributed by atoms with Crippen LogP contribution in [0.25, 0.3) is 0 Å². The third-order valence-electron chi connectivity index (χ3n) is 11.8. The highest BCUT2D eigenvalue weighted by molar-refractivity contribution is 5.88. The first-order valence-corrected chi connectivity index (χ1v) is 20.6. The molecule has 0 aromatic carbocycles. The predicted molar refractivity (Wildman–Crippen MR) is 219 cm³/mol. The van der Waals surface area contributed by atoms with Crippen molar-refractivity contribution in [2.75, 3.05) is 27.9 Å². The highest BCUT2D eigenvalue weighted by Gasteiger charge is 2.57. The third-order valence-corrected chi connectivity index (χ3v) is 11.8. The summed E-state index contributed by atoms with van der Waals surface area (Å²) in [4.78, 5) is 13.8. The van der Waals surface area contributed by atoms with Crippen molar-refractivity contribution in [2.45, 2.75) is 166 Å². The number of esters is 1. The summed E-state index contributed by atoms with van der Waals surface area (Å²) in [5.74, 6) is -5.10. The topological polar surface area (TPSA) is 223 Å². The van der Waals surface area contributed by atoms with E-state index in [0.29, 0.717) is 12.0 Å². The van der Waals surface area contributed by atoms with Gasteiger partial charge in [-0.1, -0.05) is 67.9 Å². The third kappa shape index (κ3) is 13.6. The molecule has 2 saturated heterocycles. The van der Waals surface area contributed by atoms with Gasteiger partial charge in [-0.25, -0.2) is 4.79 Å². The van der Waals surface area contributed by atoms with Gasteiger partial charge in [-0.05, 0) is 53.5 Å². The molecule has 0 aromatic rings. The maximum atomic E-state index is 13.8. The molecule has 0 unspecified atom stereocenters. The van der Waals surface area contributed by atoms with Crippen LogP contribution in [0, 0.1) is 17.8 Å². The Bertz CT molecular complexity index is 1490. The van der Waals surface area contributed by atoms with Gasteiger partial charge in [0.05, 0.1) is 49.3 Å². The number of carbonyl (C=O) groups excluding carboxylic acids is 1. The number of aliphatic hydroxyl groups is 7. The van der Waals surface area contributed by atoms with Crippen molar-refractivity contribution in [2.24, 2.45) is 17.8 Å². The summed E-state index contributed by atoms with van der Waals surface area (Å²) in [7, 11) is 4.25. The van der Waals surface area contributed by atoms with Gasteiger partial charge in [0.2, 0.25) is 5.79 Å². The molecule has 59 heavy (non-hydrogen) atoms. The average Bonchev–Trinajstić information content (AvgIpc) is 3.17. The number of ether oxygens (including phenoxy) is 7. The smallest absolute Gasteiger partial charge is 0.334 e. The monoisotopic (exact) mass is 840 g/mol. The second-order valence-electron chi connectivity index (χ2n) is 16.7. The van der Waals surface area contributed by atoms with Crippen LogP contribution in [0.4, 0.5) is 0 Å². The second kappa shape index (κ2) is 23.2. The molecular formula is C44H72O15. The number of hydrogen-bond donors (Lipinski definition) is 7. The van der Waals surface area contributed by atoms with Crippen molar-refractivity contribution in [3.8, 4) is 0 Å². The molecule has 3 aliphatic heterocycles. The molecule has 2 fully saturated rings. The van der Waals surface area contributed by atoms with E-state index in [2.05, 4.69) is 0 Å². The molecule has 338 valence electrons. The summed E-state index contributed by atoms with van der Waals surface area (Å²) < 4.78 is 40.4. The van der Waals surface area contributed by atoms with E-state index in [1.165, 1.54) is 28.3 Å². The fourth-order valence-corrected chi connectivity index (χ4v) is 8.17. The van der Waals surface area contributed by atoms with Crippen LogP contribution in [0.5, 0.6) is 0 Å². The van der Waals surface area contributed by atoms with Crippen LogP contribution >= 0.6 is 0 Å². The Hall–Kier alpha value is -2.35. The Balaban J connectivity index is 2.01. The molecule has 0 aromatic heterocycles. The zero-order valence-corrected chi connectivity index (χ0v) is 36.6. The summed E-state index contributed by atoms with van der Waals surface area (Å²) in [6.45, 7) is 14.0. The number of cyclic esters (lactones) is 1. The fourth-order valence-electron chi connectivity index (χ4n) is 8.17. The number of methoxy groups -OCH3 is 3. The van der Waals surface area contributed by atoms with E-state index in [1.54, 1.807) is 33.8 Å². The number of carbonyl (C=O) groups is 1. The normalized spacial score (nSPS) is 43.9. The molecule has 0 radical (unpaired) electrons. The van der Waals surface area contributed by atoms with Crippen molar-refractivity contribution in [1.29, 1.82) is 0 Å². The molecule has 0 amide bonds. The Kier molecular flexibility index (Phi) is 20.1. The van der Waals surface area contributed by atoms with Crippen molar-refractivity contribution in [3.05, 3.63) is 58.7 Å². The molecule has 7 N–H and O–H groups in total.